The van der Waals surface area contributed by atoms with Crippen LogP contribution >= 0.6 is 11.6 Å². The first kappa shape index (κ1) is 9.25. The molecule has 4 heteroatoms. The lowest BCUT2D eigenvalue weighted by atomic mass is 10.1. The van der Waals surface area contributed by atoms with E-state index < -0.39 is 0 Å². The lowest BCUT2D eigenvalue weighted by molar-refractivity contribution is 0.353. The van der Waals surface area contributed by atoms with Gasteiger partial charge in [-0.15, -0.1) is 0 Å². The second-order valence-corrected chi connectivity index (χ2v) is 3.50. The molecule has 72 valence electrons. The molecule has 1 aromatic carbocycles. The largest absolute Gasteiger partial charge is 0.493 e. The highest BCUT2D eigenvalue weighted by Crippen LogP contribution is 2.33. The van der Waals surface area contributed by atoms with Crippen LogP contribution < -0.4 is 4.74 Å². The van der Waals surface area contributed by atoms with Crippen molar-refractivity contribution in [2.75, 3.05) is 6.61 Å². The summed E-state index contributed by atoms with van der Waals surface area (Å²) >= 11 is 5.91. The van der Waals surface area contributed by atoms with Crippen molar-refractivity contribution in [2.24, 2.45) is 4.99 Å². The number of halogens is 1. The third-order valence-electron chi connectivity index (χ3n) is 2.14. The first-order valence-electron chi connectivity index (χ1n) is 4.29. The summed E-state index contributed by atoms with van der Waals surface area (Å²) in [5.74, 6) is 0.827. The molecule has 0 saturated carbocycles. The maximum absolute atomic E-state index is 10.00. The number of rotatable bonds is 2. The molecule has 0 saturated heterocycles. The van der Waals surface area contributed by atoms with Crippen LogP contribution in [0.3, 0.4) is 0 Å². The molecule has 1 heterocycles. The van der Waals surface area contributed by atoms with E-state index in [4.69, 9.17) is 16.3 Å². The molecule has 3 nitrogen and oxygen atoms in total. The van der Waals surface area contributed by atoms with Crippen molar-refractivity contribution in [2.45, 2.75) is 13.0 Å². The molecule has 0 atom stereocenters. The van der Waals surface area contributed by atoms with Gasteiger partial charge < -0.3 is 4.74 Å². The zero-order chi connectivity index (χ0) is 9.97. The average Bonchev–Trinajstić information content (AvgIpc) is 2.61. The smallest absolute Gasteiger partial charge is 0.235 e. The normalized spacial score (nSPS) is 12.9. The van der Waals surface area contributed by atoms with Gasteiger partial charge >= 0.3 is 0 Å². The van der Waals surface area contributed by atoms with Crippen molar-refractivity contribution in [1.82, 2.24) is 0 Å². The minimum absolute atomic E-state index is 0.284. The molecule has 1 aliphatic rings. The molecule has 1 aliphatic heterocycles. The lowest BCUT2D eigenvalue weighted by Crippen LogP contribution is -1.90. The summed E-state index contributed by atoms with van der Waals surface area (Å²) in [6.07, 6.45) is 2.37. The van der Waals surface area contributed by atoms with Crippen molar-refractivity contribution in [3.8, 4) is 5.75 Å². The second kappa shape index (κ2) is 3.82. The molecule has 0 fully saturated rings. The van der Waals surface area contributed by atoms with Gasteiger partial charge in [-0.1, -0.05) is 11.6 Å². The highest BCUT2D eigenvalue weighted by molar-refractivity contribution is 6.30. The molecule has 0 aromatic heterocycles. The van der Waals surface area contributed by atoms with Crippen molar-refractivity contribution in [3.63, 3.8) is 0 Å². The van der Waals surface area contributed by atoms with Gasteiger partial charge in [-0.05, 0) is 17.7 Å². The molecule has 0 bridgehead atoms. The Labute approximate surface area is 86.4 Å². The number of carbonyl (C=O) groups excluding carboxylic acids is 1. The van der Waals surface area contributed by atoms with Crippen molar-refractivity contribution in [3.05, 3.63) is 28.3 Å². The van der Waals surface area contributed by atoms with Crippen LogP contribution in [0.1, 0.15) is 11.1 Å². The molecule has 2 rings (SSSR count). The molecule has 0 spiro atoms. The Hall–Kier alpha value is -1.31. The highest BCUT2D eigenvalue weighted by atomic mass is 35.5. The quantitative estimate of drug-likeness (QED) is 0.553. The second-order valence-electron chi connectivity index (χ2n) is 3.06. The van der Waals surface area contributed by atoms with Gasteiger partial charge in [0.2, 0.25) is 6.08 Å². The van der Waals surface area contributed by atoms with Gasteiger partial charge in [0.1, 0.15) is 5.75 Å². The van der Waals surface area contributed by atoms with E-state index in [9.17, 15) is 4.79 Å². The SMILES string of the molecule is O=C=NCc1cc(Cl)cc2c1OCC2. The molecule has 0 unspecified atom stereocenters. The number of aliphatic imine (C=N–C) groups is 1. The van der Waals surface area contributed by atoms with Crippen molar-refractivity contribution in [1.29, 1.82) is 0 Å². The zero-order valence-corrected chi connectivity index (χ0v) is 8.17. The third-order valence-corrected chi connectivity index (χ3v) is 2.36. The van der Waals surface area contributed by atoms with Crippen LogP contribution in [0.4, 0.5) is 0 Å². The van der Waals surface area contributed by atoms with Crippen LogP contribution in [-0.2, 0) is 17.8 Å². The van der Waals surface area contributed by atoms with E-state index in [-0.39, 0.29) is 6.54 Å². The van der Waals surface area contributed by atoms with Crippen molar-refractivity contribution < 1.29 is 9.53 Å². The molecular weight excluding hydrogens is 202 g/mol. The van der Waals surface area contributed by atoms with E-state index >= 15 is 0 Å². The summed E-state index contributed by atoms with van der Waals surface area (Å²) in [5.41, 5.74) is 1.95. The average molecular weight is 210 g/mol. The topological polar surface area (TPSA) is 38.7 Å². The van der Waals surface area contributed by atoms with E-state index in [1.807, 2.05) is 6.07 Å². The first-order valence-corrected chi connectivity index (χ1v) is 4.67. The fraction of sp³-hybridized carbons (Fsp3) is 0.300. The van der Waals surface area contributed by atoms with Gasteiger partial charge in [-0.25, -0.2) is 9.79 Å². The monoisotopic (exact) mass is 209 g/mol. The molecule has 0 N–H and O–H groups in total. The Kier molecular flexibility index (Phi) is 2.53. The van der Waals surface area contributed by atoms with Crippen LogP contribution in [0.15, 0.2) is 17.1 Å². The number of hydrogen-bond donors (Lipinski definition) is 0. The van der Waals surface area contributed by atoms with Crippen LogP contribution in [0.5, 0.6) is 5.75 Å². The van der Waals surface area contributed by atoms with E-state index in [2.05, 4.69) is 4.99 Å². The van der Waals surface area contributed by atoms with E-state index in [0.717, 1.165) is 23.3 Å². The summed E-state index contributed by atoms with van der Waals surface area (Å²) in [6.45, 7) is 0.958. The molecular formula is C10H8ClNO2. The van der Waals surface area contributed by atoms with Crippen LogP contribution in [-0.4, -0.2) is 12.7 Å². The van der Waals surface area contributed by atoms with Gasteiger partial charge in [0.15, 0.2) is 0 Å². The van der Waals surface area contributed by atoms with Crippen LogP contribution in [0.2, 0.25) is 5.02 Å². The fourth-order valence-corrected chi connectivity index (χ4v) is 1.84. The minimum atomic E-state index is 0.284. The van der Waals surface area contributed by atoms with Gasteiger partial charge in [-0.3, -0.25) is 0 Å². The van der Waals surface area contributed by atoms with E-state index in [0.29, 0.717) is 11.6 Å². The Bertz CT molecular complexity index is 411. The predicted octanol–water partition coefficient (Wildman–Crippen LogP) is 2.11. The van der Waals surface area contributed by atoms with Crippen LogP contribution in [0.25, 0.3) is 0 Å². The Morgan fingerprint density at radius 2 is 2.43 bits per heavy atom. The molecule has 0 aliphatic carbocycles. The predicted molar refractivity (Wildman–Crippen MR) is 52.5 cm³/mol. The summed E-state index contributed by atoms with van der Waals surface area (Å²) < 4.78 is 5.43. The molecule has 0 radical (unpaired) electrons. The van der Waals surface area contributed by atoms with Gasteiger partial charge in [0, 0.05) is 17.0 Å². The van der Waals surface area contributed by atoms with E-state index in [1.165, 1.54) is 6.08 Å². The first-order chi connectivity index (χ1) is 6.81. The summed E-state index contributed by atoms with van der Waals surface area (Å²) in [7, 11) is 0. The van der Waals surface area contributed by atoms with Crippen molar-refractivity contribution >= 4 is 17.7 Å². The summed E-state index contributed by atoms with van der Waals surface area (Å²) in [6, 6.07) is 3.66. The van der Waals surface area contributed by atoms with Gasteiger partial charge in [-0.2, -0.15) is 0 Å². The van der Waals surface area contributed by atoms with Gasteiger partial charge in [0.25, 0.3) is 0 Å². The number of benzene rings is 1. The molecule has 1 aromatic rings. The minimum Gasteiger partial charge on any atom is -0.493 e. The highest BCUT2D eigenvalue weighted by Gasteiger charge is 2.16. The fourth-order valence-electron chi connectivity index (χ4n) is 1.58. The summed E-state index contributed by atoms with van der Waals surface area (Å²) in [5, 5.41) is 0.658. The molecule has 14 heavy (non-hydrogen) atoms. The number of fused-ring (bicyclic) bond motifs is 1. The molecule has 0 amide bonds. The number of ether oxygens (including phenoxy) is 1. The van der Waals surface area contributed by atoms with Crippen LogP contribution in [0, 0.1) is 0 Å². The number of isocyanates is 1. The summed E-state index contributed by atoms with van der Waals surface area (Å²) in [4.78, 5) is 13.5. The standard InChI is InChI=1S/C10H8ClNO2/c11-9-3-7-1-2-14-10(7)8(4-9)5-12-6-13/h3-4H,1-2,5H2. The number of hydrogen-bond acceptors (Lipinski definition) is 3. The Morgan fingerprint density at radius 1 is 1.57 bits per heavy atom. The zero-order valence-electron chi connectivity index (χ0n) is 7.42. The van der Waals surface area contributed by atoms with E-state index in [1.54, 1.807) is 6.07 Å². The third kappa shape index (κ3) is 1.65. The van der Waals surface area contributed by atoms with Gasteiger partial charge in [0.05, 0.1) is 13.2 Å². The maximum atomic E-state index is 10.00. The Balaban J connectivity index is 2.43. The Morgan fingerprint density at radius 3 is 3.21 bits per heavy atom. The maximum Gasteiger partial charge on any atom is 0.235 e. The number of nitrogens with zero attached hydrogens (tertiary/aromatic N) is 1. The lowest BCUT2D eigenvalue weighted by Gasteiger charge is -2.05.